The van der Waals surface area contributed by atoms with Crippen molar-refractivity contribution in [3.05, 3.63) is 59.4 Å². The Morgan fingerprint density at radius 2 is 1.82 bits per heavy atom. The first-order valence-corrected chi connectivity index (χ1v) is 10.4. The Morgan fingerprint density at radius 1 is 1.04 bits per heavy atom. The van der Waals surface area contributed by atoms with Crippen LogP contribution in [0, 0.1) is 27.7 Å². The number of hydrogen-bond donors (Lipinski definition) is 2. The maximum Gasteiger partial charge on any atom is 0.240 e. The van der Waals surface area contributed by atoms with E-state index in [1.807, 2.05) is 37.6 Å². The molecule has 3 rings (SSSR count). The van der Waals surface area contributed by atoms with Crippen molar-refractivity contribution >= 4 is 15.8 Å². The third kappa shape index (κ3) is 4.55. The van der Waals surface area contributed by atoms with Crippen LogP contribution in [0.4, 0.5) is 5.82 Å². The maximum absolute atomic E-state index is 12.5. The normalized spacial score (nSPS) is 11.6. The molecule has 0 fully saturated rings. The Kier molecular flexibility index (Phi) is 5.76. The van der Waals surface area contributed by atoms with E-state index in [0.29, 0.717) is 28.9 Å². The predicted molar refractivity (Wildman–Crippen MR) is 108 cm³/mol. The average Bonchev–Trinajstić information content (AvgIpc) is 3.04. The van der Waals surface area contributed by atoms with E-state index >= 15 is 0 Å². The molecule has 2 heterocycles. The van der Waals surface area contributed by atoms with Crippen molar-refractivity contribution in [2.45, 2.75) is 32.6 Å². The van der Waals surface area contributed by atoms with Gasteiger partial charge in [-0.05, 0) is 39.3 Å². The van der Waals surface area contributed by atoms with E-state index < -0.39 is 10.0 Å². The van der Waals surface area contributed by atoms with Crippen LogP contribution in [0.1, 0.15) is 22.8 Å². The van der Waals surface area contributed by atoms with Gasteiger partial charge in [0.1, 0.15) is 23.3 Å². The molecular formula is C19H24N6O2S. The van der Waals surface area contributed by atoms with E-state index in [0.717, 1.165) is 17.0 Å². The van der Waals surface area contributed by atoms with Crippen LogP contribution in [0.15, 0.2) is 41.6 Å². The fourth-order valence-electron chi connectivity index (χ4n) is 2.94. The van der Waals surface area contributed by atoms with Crippen LogP contribution < -0.4 is 10.0 Å². The molecule has 0 aliphatic rings. The number of imidazole rings is 1. The minimum Gasteiger partial charge on any atom is -0.369 e. The lowest BCUT2D eigenvalue weighted by Gasteiger charge is -2.12. The molecule has 2 aromatic heterocycles. The topological polar surface area (TPSA) is 102 Å². The van der Waals surface area contributed by atoms with Crippen LogP contribution in [0.5, 0.6) is 0 Å². The SMILES string of the molecule is Cc1ccc(S(=O)(=O)NCCNc2cc(-n3ccnc3C)nc(C)n2)c(C)c1. The van der Waals surface area contributed by atoms with Crippen molar-refractivity contribution < 1.29 is 8.42 Å². The van der Waals surface area contributed by atoms with Gasteiger partial charge in [0.15, 0.2) is 0 Å². The number of benzene rings is 1. The van der Waals surface area contributed by atoms with Crippen molar-refractivity contribution in [2.75, 3.05) is 18.4 Å². The fraction of sp³-hybridized carbons (Fsp3) is 0.316. The third-order valence-corrected chi connectivity index (χ3v) is 5.86. The Labute approximate surface area is 165 Å². The highest BCUT2D eigenvalue weighted by atomic mass is 32.2. The number of nitrogens with one attached hydrogen (secondary N) is 2. The van der Waals surface area contributed by atoms with Crippen molar-refractivity contribution in [3.63, 3.8) is 0 Å². The van der Waals surface area contributed by atoms with Gasteiger partial charge in [0, 0.05) is 31.5 Å². The number of rotatable bonds is 7. The van der Waals surface area contributed by atoms with E-state index in [-0.39, 0.29) is 6.54 Å². The van der Waals surface area contributed by atoms with Gasteiger partial charge in [0.2, 0.25) is 10.0 Å². The Bertz CT molecular complexity index is 1090. The van der Waals surface area contributed by atoms with Gasteiger partial charge in [0.25, 0.3) is 0 Å². The first-order chi connectivity index (χ1) is 13.3. The molecule has 1 aromatic carbocycles. The molecule has 148 valence electrons. The van der Waals surface area contributed by atoms with Crippen LogP contribution in [-0.4, -0.2) is 41.0 Å². The number of nitrogens with zero attached hydrogens (tertiary/aromatic N) is 4. The third-order valence-electron chi connectivity index (χ3n) is 4.24. The zero-order valence-corrected chi connectivity index (χ0v) is 17.2. The maximum atomic E-state index is 12.5. The highest BCUT2D eigenvalue weighted by Gasteiger charge is 2.16. The molecule has 0 aliphatic heterocycles. The van der Waals surface area contributed by atoms with Crippen LogP contribution in [0.25, 0.3) is 5.82 Å². The largest absolute Gasteiger partial charge is 0.369 e. The lowest BCUT2D eigenvalue weighted by molar-refractivity contribution is 0.582. The first kappa shape index (κ1) is 20.0. The summed E-state index contributed by atoms with van der Waals surface area (Å²) in [4.78, 5) is 13.3. The van der Waals surface area contributed by atoms with Gasteiger partial charge in [-0.25, -0.2) is 28.1 Å². The van der Waals surface area contributed by atoms with Crippen LogP contribution in [0.2, 0.25) is 0 Å². The highest BCUT2D eigenvalue weighted by molar-refractivity contribution is 7.89. The number of aromatic nitrogens is 4. The molecule has 0 radical (unpaired) electrons. The van der Waals surface area contributed by atoms with Crippen LogP contribution >= 0.6 is 0 Å². The summed E-state index contributed by atoms with van der Waals surface area (Å²) in [5.74, 6) is 2.77. The monoisotopic (exact) mass is 400 g/mol. The molecule has 0 spiro atoms. The molecule has 28 heavy (non-hydrogen) atoms. The molecule has 2 N–H and O–H groups in total. The summed E-state index contributed by atoms with van der Waals surface area (Å²) < 4.78 is 29.5. The number of anilines is 1. The molecule has 0 saturated heterocycles. The summed E-state index contributed by atoms with van der Waals surface area (Å²) in [7, 11) is -3.55. The van der Waals surface area contributed by atoms with Gasteiger partial charge in [-0.3, -0.25) is 4.57 Å². The van der Waals surface area contributed by atoms with Gasteiger partial charge >= 0.3 is 0 Å². The Hall–Kier alpha value is -2.78. The van der Waals surface area contributed by atoms with E-state index in [4.69, 9.17) is 0 Å². The minimum atomic E-state index is -3.55. The van der Waals surface area contributed by atoms with Gasteiger partial charge in [0.05, 0.1) is 4.90 Å². The number of sulfonamides is 1. The molecule has 3 aromatic rings. The minimum absolute atomic E-state index is 0.234. The summed E-state index contributed by atoms with van der Waals surface area (Å²) in [5, 5.41) is 3.14. The summed E-state index contributed by atoms with van der Waals surface area (Å²) in [6, 6.07) is 7.09. The fourth-order valence-corrected chi connectivity index (χ4v) is 4.20. The quantitative estimate of drug-likeness (QED) is 0.590. The van der Waals surface area contributed by atoms with Crippen LogP contribution in [-0.2, 0) is 10.0 Å². The second kappa shape index (κ2) is 8.07. The molecule has 0 bridgehead atoms. The van der Waals surface area contributed by atoms with Gasteiger partial charge in [-0.1, -0.05) is 17.7 Å². The number of aryl methyl sites for hydroxylation is 4. The summed E-state index contributed by atoms with van der Waals surface area (Å²) in [6.45, 7) is 8.06. The van der Waals surface area contributed by atoms with Crippen molar-refractivity contribution in [1.29, 1.82) is 0 Å². The molecule has 0 atom stereocenters. The second-order valence-electron chi connectivity index (χ2n) is 6.60. The molecule has 9 heteroatoms. The zero-order valence-electron chi connectivity index (χ0n) is 16.4. The first-order valence-electron chi connectivity index (χ1n) is 8.93. The van der Waals surface area contributed by atoms with Crippen molar-refractivity contribution in [3.8, 4) is 5.82 Å². The van der Waals surface area contributed by atoms with Crippen LogP contribution in [0.3, 0.4) is 0 Å². The van der Waals surface area contributed by atoms with E-state index in [1.54, 1.807) is 31.3 Å². The van der Waals surface area contributed by atoms with E-state index in [9.17, 15) is 8.42 Å². The zero-order chi connectivity index (χ0) is 20.3. The van der Waals surface area contributed by atoms with Gasteiger partial charge in [-0.2, -0.15) is 0 Å². The van der Waals surface area contributed by atoms with Gasteiger partial charge in [-0.15, -0.1) is 0 Å². The predicted octanol–water partition coefficient (Wildman–Crippen LogP) is 2.29. The smallest absolute Gasteiger partial charge is 0.240 e. The van der Waals surface area contributed by atoms with Crippen molar-refractivity contribution in [2.24, 2.45) is 0 Å². The molecule has 0 aliphatic carbocycles. The van der Waals surface area contributed by atoms with E-state index in [2.05, 4.69) is 25.0 Å². The molecule has 0 unspecified atom stereocenters. The van der Waals surface area contributed by atoms with Crippen molar-refractivity contribution in [1.82, 2.24) is 24.2 Å². The second-order valence-corrected chi connectivity index (χ2v) is 8.33. The molecule has 8 nitrogen and oxygen atoms in total. The van der Waals surface area contributed by atoms with E-state index in [1.165, 1.54) is 0 Å². The summed E-state index contributed by atoms with van der Waals surface area (Å²) >= 11 is 0. The lowest BCUT2D eigenvalue weighted by atomic mass is 10.2. The lowest BCUT2D eigenvalue weighted by Crippen LogP contribution is -2.29. The van der Waals surface area contributed by atoms with Gasteiger partial charge < -0.3 is 5.32 Å². The standard InChI is InChI=1S/C19H24N6O2S/c1-13-5-6-17(14(2)11-13)28(26,27)22-8-7-21-18-12-19(24-15(3)23-18)25-10-9-20-16(25)4/h5-6,9-12,22H,7-8H2,1-4H3,(H,21,23,24). The highest BCUT2D eigenvalue weighted by Crippen LogP contribution is 2.16. The Morgan fingerprint density at radius 3 is 2.50 bits per heavy atom. The number of hydrogen-bond acceptors (Lipinski definition) is 6. The summed E-state index contributed by atoms with van der Waals surface area (Å²) in [5.41, 5.74) is 1.76. The summed E-state index contributed by atoms with van der Waals surface area (Å²) in [6.07, 6.45) is 3.54. The molecular weight excluding hydrogens is 376 g/mol. The Balaban J connectivity index is 1.64. The molecule has 0 amide bonds. The average molecular weight is 401 g/mol. The molecule has 0 saturated carbocycles.